The molecule has 0 saturated carbocycles. The van der Waals surface area contributed by atoms with Gasteiger partial charge in [0.15, 0.2) is 5.96 Å². The van der Waals surface area contributed by atoms with Crippen LogP contribution in [0.25, 0.3) is 0 Å². The topological polar surface area (TPSA) is 215 Å². The normalized spacial score (nSPS) is 14.6. The van der Waals surface area contributed by atoms with Crippen molar-refractivity contribution in [3.63, 3.8) is 0 Å². The molecule has 0 heterocycles. The molecule has 0 bridgehead atoms. The first kappa shape index (κ1) is 28.8. The number of thiol groups is 2. The van der Waals surface area contributed by atoms with Crippen LogP contribution in [0.1, 0.15) is 26.7 Å². The molecule has 0 aromatic rings. The van der Waals surface area contributed by atoms with Gasteiger partial charge < -0.3 is 38.3 Å². The highest BCUT2D eigenvalue weighted by Gasteiger charge is 2.30. The molecule has 10 N–H and O–H groups in total. The SMILES string of the molecule is CC(C)C(NC(=O)C(CS)NC(=O)C(CS)NC(=O)C(N)CCCN=C(N)N)C(=O)O. The molecule has 0 aliphatic carbocycles. The van der Waals surface area contributed by atoms with E-state index >= 15 is 0 Å². The van der Waals surface area contributed by atoms with Crippen LogP contribution < -0.4 is 33.2 Å². The number of nitrogens with two attached hydrogens (primary N) is 3. The molecule has 0 aromatic carbocycles. The third kappa shape index (κ3) is 11.1. The van der Waals surface area contributed by atoms with Crippen molar-refractivity contribution < 1.29 is 24.3 Å². The molecule has 4 unspecified atom stereocenters. The molecule has 0 fully saturated rings. The van der Waals surface area contributed by atoms with Crippen molar-refractivity contribution in [2.75, 3.05) is 18.1 Å². The van der Waals surface area contributed by atoms with Gasteiger partial charge in [0.05, 0.1) is 6.04 Å². The number of nitrogens with one attached hydrogen (secondary N) is 3. The van der Waals surface area contributed by atoms with E-state index in [1.807, 2.05) is 0 Å². The Kier molecular flexibility index (Phi) is 13.7. The second kappa shape index (κ2) is 14.8. The summed E-state index contributed by atoms with van der Waals surface area (Å²) in [6, 6.07) is -4.18. The van der Waals surface area contributed by atoms with E-state index in [2.05, 4.69) is 46.2 Å². The number of rotatable bonds is 14. The molecular formula is C17H33N7O5S2. The maximum atomic E-state index is 12.5. The Morgan fingerprint density at radius 1 is 0.935 bits per heavy atom. The monoisotopic (exact) mass is 479 g/mol. The maximum absolute atomic E-state index is 12.5. The van der Waals surface area contributed by atoms with Crippen LogP contribution in [0, 0.1) is 5.92 Å². The fourth-order valence-electron chi connectivity index (χ4n) is 2.36. The standard InChI is InChI=1S/C17H33N7O5S2/c1-8(2)12(16(28)29)24-15(27)11(7-31)23-14(26)10(6-30)22-13(25)9(18)4-3-5-21-17(19)20/h8-12,30-31H,3-7,18H2,1-2H3,(H,22,25)(H,23,26)(H,24,27)(H,28,29)(H4,19,20,21). The van der Waals surface area contributed by atoms with Crippen molar-refractivity contribution in [2.24, 2.45) is 28.1 Å². The van der Waals surface area contributed by atoms with Crippen molar-refractivity contribution in [1.82, 2.24) is 16.0 Å². The van der Waals surface area contributed by atoms with E-state index in [0.29, 0.717) is 13.0 Å². The fraction of sp³-hybridized carbons (Fsp3) is 0.706. The Labute approximate surface area is 192 Å². The third-order valence-electron chi connectivity index (χ3n) is 4.17. The molecule has 12 nitrogen and oxygen atoms in total. The molecular weight excluding hydrogens is 446 g/mol. The van der Waals surface area contributed by atoms with Crippen LogP contribution in [-0.4, -0.2) is 77.0 Å². The predicted octanol–water partition coefficient (Wildman–Crippen LogP) is -2.58. The molecule has 0 spiro atoms. The van der Waals surface area contributed by atoms with Crippen LogP contribution >= 0.6 is 25.3 Å². The highest BCUT2D eigenvalue weighted by atomic mass is 32.1. The first-order valence-electron chi connectivity index (χ1n) is 9.61. The smallest absolute Gasteiger partial charge is 0.326 e. The Morgan fingerprint density at radius 3 is 1.84 bits per heavy atom. The molecule has 14 heteroatoms. The average Bonchev–Trinajstić information content (AvgIpc) is 2.69. The van der Waals surface area contributed by atoms with Crippen LogP contribution in [0.15, 0.2) is 4.99 Å². The number of hydrogen-bond acceptors (Lipinski definition) is 8. The van der Waals surface area contributed by atoms with E-state index in [-0.39, 0.29) is 29.8 Å². The van der Waals surface area contributed by atoms with E-state index in [4.69, 9.17) is 17.2 Å². The van der Waals surface area contributed by atoms with Gasteiger partial charge in [-0.2, -0.15) is 25.3 Å². The fourth-order valence-corrected chi connectivity index (χ4v) is 2.87. The van der Waals surface area contributed by atoms with E-state index in [9.17, 15) is 24.3 Å². The van der Waals surface area contributed by atoms with Crippen LogP contribution in [0.4, 0.5) is 0 Å². The van der Waals surface area contributed by atoms with Gasteiger partial charge in [0.25, 0.3) is 0 Å². The van der Waals surface area contributed by atoms with Gasteiger partial charge in [0, 0.05) is 18.1 Å². The van der Waals surface area contributed by atoms with Gasteiger partial charge in [-0.25, -0.2) is 4.79 Å². The molecule has 0 saturated heterocycles. The summed E-state index contributed by atoms with van der Waals surface area (Å²) in [7, 11) is 0. The van der Waals surface area contributed by atoms with Crippen molar-refractivity contribution in [3.8, 4) is 0 Å². The first-order valence-corrected chi connectivity index (χ1v) is 10.9. The minimum atomic E-state index is -1.19. The van der Waals surface area contributed by atoms with Crippen LogP contribution in [-0.2, 0) is 19.2 Å². The summed E-state index contributed by atoms with van der Waals surface area (Å²) in [4.78, 5) is 52.2. The summed E-state index contributed by atoms with van der Waals surface area (Å²) < 4.78 is 0. The van der Waals surface area contributed by atoms with Crippen LogP contribution in [0.3, 0.4) is 0 Å². The number of hydrogen-bond donors (Lipinski definition) is 9. The molecule has 0 aromatic heterocycles. The average molecular weight is 480 g/mol. The highest BCUT2D eigenvalue weighted by Crippen LogP contribution is 2.03. The lowest BCUT2D eigenvalue weighted by atomic mass is 10.0. The lowest BCUT2D eigenvalue weighted by Crippen LogP contribution is -2.58. The zero-order valence-electron chi connectivity index (χ0n) is 17.6. The first-order chi connectivity index (χ1) is 14.4. The molecule has 31 heavy (non-hydrogen) atoms. The highest BCUT2D eigenvalue weighted by molar-refractivity contribution is 7.80. The van der Waals surface area contributed by atoms with Gasteiger partial charge in [0.2, 0.25) is 17.7 Å². The van der Waals surface area contributed by atoms with Crippen molar-refractivity contribution in [1.29, 1.82) is 0 Å². The van der Waals surface area contributed by atoms with Gasteiger partial charge in [-0.15, -0.1) is 0 Å². The molecule has 3 amide bonds. The van der Waals surface area contributed by atoms with Gasteiger partial charge in [-0.3, -0.25) is 19.4 Å². The van der Waals surface area contributed by atoms with Gasteiger partial charge >= 0.3 is 5.97 Å². The lowest BCUT2D eigenvalue weighted by Gasteiger charge is -2.24. The molecule has 0 aliphatic heterocycles. The summed E-state index contributed by atoms with van der Waals surface area (Å²) >= 11 is 8.10. The summed E-state index contributed by atoms with van der Waals surface area (Å²) in [5.41, 5.74) is 16.2. The lowest BCUT2D eigenvalue weighted by molar-refractivity contribution is -0.143. The summed E-state index contributed by atoms with van der Waals surface area (Å²) in [6.45, 7) is 3.59. The number of carboxylic acid groups (broad SMARTS) is 1. The number of aliphatic carboxylic acids is 1. The zero-order valence-corrected chi connectivity index (χ0v) is 19.4. The minimum Gasteiger partial charge on any atom is -0.480 e. The molecule has 4 atom stereocenters. The number of nitrogens with zero attached hydrogens (tertiary/aromatic N) is 1. The Morgan fingerprint density at radius 2 is 1.42 bits per heavy atom. The second-order valence-electron chi connectivity index (χ2n) is 7.11. The van der Waals surface area contributed by atoms with E-state index < -0.39 is 47.9 Å². The number of guanidine groups is 1. The van der Waals surface area contributed by atoms with Gasteiger partial charge in [0.1, 0.15) is 18.1 Å². The number of aliphatic imine (C=N–C) groups is 1. The number of carbonyl (C=O) groups excluding carboxylic acids is 3. The van der Waals surface area contributed by atoms with E-state index in [0.717, 1.165) is 0 Å². The van der Waals surface area contributed by atoms with Crippen LogP contribution in [0.5, 0.6) is 0 Å². The largest absolute Gasteiger partial charge is 0.480 e. The van der Waals surface area contributed by atoms with Crippen molar-refractivity contribution in [3.05, 3.63) is 0 Å². The van der Waals surface area contributed by atoms with Gasteiger partial charge in [-0.05, 0) is 18.8 Å². The zero-order chi connectivity index (χ0) is 24.1. The third-order valence-corrected chi connectivity index (χ3v) is 4.90. The predicted molar refractivity (Wildman–Crippen MR) is 124 cm³/mol. The number of carboxylic acids is 1. The quantitative estimate of drug-likeness (QED) is 0.0557. The minimum absolute atomic E-state index is 0.0526. The number of carbonyl (C=O) groups is 4. The Balaban J connectivity index is 4.87. The summed E-state index contributed by atoms with van der Waals surface area (Å²) in [5, 5.41) is 16.5. The second-order valence-corrected chi connectivity index (χ2v) is 7.84. The van der Waals surface area contributed by atoms with Crippen molar-refractivity contribution in [2.45, 2.75) is 50.9 Å². The van der Waals surface area contributed by atoms with E-state index in [1.54, 1.807) is 13.8 Å². The van der Waals surface area contributed by atoms with E-state index in [1.165, 1.54) is 0 Å². The van der Waals surface area contributed by atoms with Crippen LogP contribution in [0.2, 0.25) is 0 Å². The van der Waals surface area contributed by atoms with Gasteiger partial charge in [-0.1, -0.05) is 13.8 Å². The molecule has 0 aliphatic rings. The Bertz CT molecular complexity index is 659. The molecule has 178 valence electrons. The molecule has 0 radical (unpaired) electrons. The summed E-state index contributed by atoms with van der Waals surface area (Å²) in [5.74, 6) is -3.71. The maximum Gasteiger partial charge on any atom is 0.326 e. The number of amides is 3. The Hall–Kier alpha value is -2.19. The summed E-state index contributed by atoms with van der Waals surface area (Å²) in [6.07, 6.45) is 0.754. The van der Waals surface area contributed by atoms with Crippen molar-refractivity contribution >= 4 is 54.9 Å². The molecule has 0 rings (SSSR count).